The second-order valence-electron chi connectivity index (χ2n) is 5.27. The van der Waals surface area contributed by atoms with Gasteiger partial charge in [-0.15, -0.1) is 11.8 Å². The molecule has 2 rings (SSSR count). The summed E-state index contributed by atoms with van der Waals surface area (Å²) < 4.78 is 10.0. The molecule has 6 nitrogen and oxygen atoms in total. The Morgan fingerprint density at radius 2 is 2.04 bits per heavy atom. The van der Waals surface area contributed by atoms with Crippen LogP contribution in [0.2, 0.25) is 0 Å². The first-order chi connectivity index (χ1) is 11.1. The Morgan fingerprint density at radius 3 is 2.65 bits per heavy atom. The Labute approximate surface area is 140 Å². The Hall–Kier alpha value is -1.73. The van der Waals surface area contributed by atoms with E-state index in [9.17, 15) is 9.59 Å². The van der Waals surface area contributed by atoms with Gasteiger partial charge in [-0.05, 0) is 17.7 Å². The molecule has 0 aromatic heterocycles. The van der Waals surface area contributed by atoms with Crippen LogP contribution in [0.1, 0.15) is 10.9 Å². The average molecular weight is 338 g/mol. The molecule has 0 aliphatic carbocycles. The summed E-state index contributed by atoms with van der Waals surface area (Å²) in [6.45, 7) is 1.05. The molecular formula is C16H22N2O4S. The zero-order chi connectivity index (χ0) is 16.8. The van der Waals surface area contributed by atoms with E-state index in [1.165, 1.54) is 7.11 Å². The summed E-state index contributed by atoms with van der Waals surface area (Å²) in [5.41, 5.74) is 1.06. The fourth-order valence-electron chi connectivity index (χ4n) is 2.36. The first kappa shape index (κ1) is 17.6. The van der Waals surface area contributed by atoms with Crippen molar-refractivity contribution in [3.8, 4) is 5.75 Å². The summed E-state index contributed by atoms with van der Waals surface area (Å²) in [5.74, 6) is 1.27. The Morgan fingerprint density at radius 1 is 1.35 bits per heavy atom. The number of hydrogen-bond donors (Lipinski definition) is 0. The molecule has 1 aliphatic heterocycles. The van der Waals surface area contributed by atoms with Crippen LogP contribution in [-0.4, -0.2) is 68.3 Å². The second kappa shape index (κ2) is 8.21. The molecule has 1 aromatic rings. The van der Waals surface area contributed by atoms with Gasteiger partial charge in [0.2, 0.25) is 11.8 Å². The number of nitrogens with zero attached hydrogens (tertiary/aromatic N) is 2. The van der Waals surface area contributed by atoms with E-state index in [1.807, 2.05) is 29.2 Å². The minimum absolute atomic E-state index is 0.0145. The van der Waals surface area contributed by atoms with Crippen molar-refractivity contribution in [2.45, 2.75) is 5.37 Å². The molecule has 1 fully saturated rings. The van der Waals surface area contributed by atoms with Gasteiger partial charge in [0.1, 0.15) is 17.7 Å². The molecule has 0 spiro atoms. The van der Waals surface area contributed by atoms with Crippen LogP contribution in [0.3, 0.4) is 0 Å². The van der Waals surface area contributed by atoms with Crippen LogP contribution in [0.25, 0.3) is 0 Å². The first-order valence-corrected chi connectivity index (χ1v) is 8.39. The van der Waals surface area contributed by atoms with Gasteiger partial charge in [-0.1, -0.05) is 12.1 Å². The molecule has 1 unspecified atom stereocenters. The summed E-state index contributed by atoms with van der Waals surface area (Å²) in [6.07, 6.45) is 0. The van der Waals surface area contributed by atoms with Gasteiger partial charge in [0.25, 0.3) is 0 Å². The van der Waals surface area contributed by atoms with Gasteiger partial charge in [0, 0.05) is 27.2 Å². The molecule has 0 radical (unpaired) electrons. The zero-order valence-electron chi connectivity index (χ0n) is 13.7. The number of carbonyl (C=O) groups is 2. The maximum Gasteiger partial charge on any atom is 0.248 e. The number of hydrogen-bond acceptors (Lipinski definition) is 5. The van der Waals surface area contributed by atoms with Crippen molar-refractivity contribution in [2.75, 3.05) is 46.7 Å². The van der Waals surface area contributed by atoms with Gasteiger partial charge < -0.3 is 19.3 Å². The van der Waals surface area contributed by atoms with Crippen LogP contribution >= 0.6 is 11.8 Å². The van der Waals surface area contributed by atoms with Crippen molar-refractivity contribution in [1.29, 1.82) is 0 Å². The quantitative estimate of drug-likeness (QED) is 0.752. The van der Waals surface area contributed by atoms with Crippen molar-refractivity contribution < 1.29 is 19.1 Å². The first-order valence-electron chi connectivity index (χ1n) is 7.34. The Kier molecular flexibility index (Phi) is 6.29. The molecule has 23 heavy (non-hydrogen) atoms. The number of amides is 2. The average Bonchev–Trinajstić information content (AvgIpc) is 2.93. The predicted molar refractivity (Wildman–Crippen MR) is 89.4 cm³/mol. The third kappa shape index (κ3) is 4.39. The maximum atomic E-state index is 12.1. The number of benzene rings is 1. The number of ether oxygens (including phenoxy) is 2. The summed E-state index contributed by atoms with van der Waals surface area (Å²) in [7, 11) is 4.84. The van der Waals surface area contributed by atoms with Crippen molar-refractivity contribution >= 4 is 23.6 Å². The SMILES string of the molecule is COCC(=O)N(C)CCN1C(=O)CSC1c1ccc(OC)cc1. The number of methoxy groups -OCH3 is 2. The fourth-order valence-corrected chi connectivity index (χ4v) is 3.58. The highest BCUT2D eigenvalue weighted by molar-refractivity contribution is 8.00. The molecule has 1 aliphatic rings. The standard InChI is InChI=1S/C16H22N2O4S/c1-17(14(19)10-21-2)8-9-18-15(20)11-23-16(18)12-4-6-13(22-3)7-5-12/h4-7,16H,8-11H2,1-3H3. The highest BCUT2D eigenvalue weighted by atomic mass is 32.2. The van der Waals surface area contributed by atoms with Crippen LogP contribution in [0.4, 0.5) is 0 Å². The topological polar surface area (TPSA) is 59.1 Å². The van der Waals surface area contributed by atoms with Crippen LogP contribution in [-0.2, 0) is 14.3 Å². The Bertz CT molecular complexity index is 550. The van der Waals surface area contributed by atoms with Gasteiger partial charge in [-0.2, -0.15) is 0 Å². The molecule has 0 saturated carbocycles. The largest absolute Gasteiger partial charge is 0.497 e. The van der Waals surface area contributed by atoms with E-state index in [4.69, 9.17) is 9.47 Å². The molecule has 7 heteroatoms. The van der Waals surface area contributed by atoms with E-state index in [0.717, 1.165) is 11.3 Å². The van der Waals surface area contributed by atoms with Crippen LogP contribution in [0.5, 0.6) is 5.75 Å². The second-order valence-corrected chi connectivity index (χ2v) is 6.34. The van der Waals surface area contributed by atoms with Crippen molar-refractivity contribution in [3.05, 3.63) is 29.8 Å². The van der Waals surface area contributed by atoms with Crippen molar-refractivity contribution in [1.82, 2.24) is 9.80 Å². The smallest absolute Gasteiger partial charge is 0.248 e. The van der Waals surface area contributed by atoms with Gasteiger partial charge in [-0.25, -0.2) is 0 Å². The van der Waals surface area contributed by atoms with Crippen LogP contribution in [0, 0.1) is 0 Å². The van der Waals surface area contributed by atoms with E-state index < -0.39 is 0 Å². The molecule has 126 valence electrons. The molecule has 1 aromatic carbocycles. The third-order valence-electron chi connectivity index (χ3n) is 3.74. The number of carbonyl (C=O) groups excluding carboxylic acids is 2. The van der Waals surface area contributed by atoms with Gasteiger partial charge >= 0.3 is 0 Å². The van der Waals surface area contributed by atoms with Gasteiger partial charge in [0.05, 0.1) is 12.9 Å². The van der Waals surface area contributed by atoms with Crippen LogP contribution in [0.15, 0.2) is 24.3 Å². The molecule has 2 amide bonds. The molecule has 1 saturated heterocycles. The minimum Gasteiger partial charge on any atom is -0.497 e. The lowest BCUT2D eigenvalue weighted by Crippen LogP contribution is -2.39. The molecule has 1 heterocycles. The van der Waals surface area contributed by atoms with E-state index in [0.29, 0.717) is 18.8 Å². The lowest BCUT2D eigenvalue weighted by molar-refractivity contribution is -0.135. The summed E-state index contributed by atoms with van der Waals surface area (Å²) in [5, 5.41) is -0.0145. The summed E-state index contributed by atoms with van der Waals surface area (Å²) in [4.78, 5) is 27.3. The fraction of sp³-hybridized carbons (Fsp3) is 0.500. The minimum atomic E-state index is -0.0900. The monoisotopic (exact) mass is 338 g/mol. The molecule has 0 bridgehead atoms. The number of thioether (sulfide) groups is 1. The van der Waals surface area contributed by atoms with Crippen LogP contribution < -0.4 is 4.74 Å². The van der Waals surface area contributed by atoms with Gasteiger partial charge in [-0.3, -0.25) is 9.59 Å². The maximum absolute atomic E-state index is 12.1. The molecule has 0 N–H and O–H groups in total. The Balaban J connectivity index is 2.00. The van der Waals surface area contributed by atoms with E-state index in [-0.39, 0.29) is 23.8 Å². The highest BCUT2D eigenvalue weighted by Gasteiger charge is 2.32. The lowest BCUT2D eigenvalue weighted by Gasteiger charge is -2.27. The zero-order valence-corrected chi connectivity index (χ0v) is 14.5. The van der Waals surface area contributed by atoms with E-state index in [2.05, 4.69) is 0 Å². The summed E-state index contributed by atoms with van der Waals surface area (Å²) >= 11 is 1.60. The highest BCUT2D eigenvalue weighted by Crippen LogP contribution is 2.38. The lowest BCUT2D eigenvalue weighted by atomic mass is 10.2. The molecule has 1 atom stereocenters. The predicted octanol–water partition coefficient (Wildman–Crippen LogP) is 1.37. The van der Waals surface area contributed by atoms with Crippen molar-refractivity contribution in [3.63, 3.8) is 0 Å². The third-order valence-corrected chi connectivity index (χ3v) is 4.99. The number of rotatable bonds is 7. The molecular weight excluding hydrogens is 316 g/mol. The van der Waals surface area contributed by atoms with Crippen molar-refractivity contribution in [2.24, 2.45) is 0 Å². The number of likely N-dealkylation sites (N-methyl/N-ethyl adjacent to an activating group) is 1. The van der Waals surface area contributed by atoms with Gasteiger partial charge in [0.15, 0.2) is 0 Å². The van der Waals surface area contributed by atoms with E-state index >= 15 is 0 Å². The normalized spacial score (nSPS) is 17.4. The summed E-state index contributed by atoms with van der Waals surface area (Å²) in [6, 6.07) is 7.74. The van der Waals surface area contributed by atoms with E-state index in [1.54, 1.807) is 30.8 Å².